The lowest BCUT2D eigenvalue weighted by molar-refractivity contribution is 0.0314. The zero-order valence-corrected chi connectivity index (χ0v) is 12.8. The van der Waals surface area contributed by atoms with Crippen LogP contribution in [0.15, 0.2) is 24.3 Å². The van der Waals surface area contributed by atoms with E-state index in [1.54, 1.807) is 29.2 Å². The van der Waals surface area contributed by atoms with Crippen LogP contribution in [0.3, 0.4) is 0 Å². The Morgan fingerprint density at radius 2 is 2.00 bits per heavy atom. The molecular formula is C16H22N2O4. The molecule has 1 heterocycles. The minimum absolute atomic E-state index is 0.112. The van der Waals surface area contributed by atoms with Gasteiger partial charge in [0.2, 0.25) is 0 Å². The first-order valence-electron chi connectivity index (χ1n) is 7.62. The van der Waals surface area contributed by atoms with E-state index in [4.69, 9.17) is 9.47 Å². The second-order valence-corrected chi connectivity index (χ2v) is 5.03. The summed E-state index contributed by atoms with van der Waals surface area (Å²) in [7, 11) is 0. The number of hydrogen-bond donors (Lipinski definition) is 1. The molecule has 22 heavy (non-hydrogen) atoms. The highest BCUT2D eigenvalue weighted by Gasteiger charge is 2.21. The van der Waals surface area contributed by atoms with Gasteiger partial charge in [0.15, 0.2) is 0 Å². The molecule has 0 unspecified atom stereocenters. The molecule has 1 aromatic rings. The van der Waals surface area contributed by atoms with Gasteiger partial charge >= 0.3 is 12.0 Å². The quantitative estimate of drug-likeness (QED) is 0.590. The summed E-state index contributed by atoms with van der Waals surface area (Å²) in [6.45, 7) is 4.73. The predicted molar refractivity (Wildman–Crippen MR) is 83.2 cm³/mol. The molecule has 0 radical (unpaired) electrons. The van der Waals surface area contributed by atoms with E-state index in [0.717, 1.165) is 18.5 Å². The molecule has 1 aliphatic rings. The zero-order chi connectivity index (χ0) is 15.8. The Hall–Kier alpha value is -2.08. The van der Waals surface area contributed by atoms with Crippen LogP contribution in [-0.2, 0) is 9.47 Å². The van der Waals surface area contributed by atoms with Crippen LogP contribution in [0.1, 0.15) is 30.1 Å². The van der Waals surface area contributed by atoms with Crippen LogP contribution in [0.25, 0.3) is 0 Å². The normalized spacial score (nSPS) is 14.0. The van der Waals surface area contributed by atoms with Crippen molar-refractivity contribution < 1.29 is 19.1 Å². The molecule has 1 saturated heterocycles. The van der Waals surface area contributed by atoms with Gasteiger partial charge in [-0.1, -0.05) is 13.3 Å². The van der Waals surface area contributed by atoms with Crippen molar-refractivity contribution in [1.82, 2.24) is 5.32 Å². The van der Waals surface area contributed by atoms with Crippen LogP contribution in [0.5, 0.6) is 0 Å². The van der Waals surface area contributed by atoms with Crippen molar-refractivity contribution in [2.24, 2.45) is 0 Å². The highest BCUT2D eigenvalue weighted by Crippen LogP contribution is 2.17. The van der Waals surface area contributed by atoms with Crippen molar-refractivity contribution in [3.05, 3.63) is 29.8 Å². The number of ether oxygens (including phenoxy) is 2. The average molecular weight is 306 g/mol. The first kappa shape index (κ1) is 16.3. The summed E-state index contributed by atoms with van der Waals surface area (Å²) in [5, 5.41) is 2.74. The number of rotatable bonds is 8. The Kier molecular flexibility index (Phi) is 6.21. The van der Waals surface area contributed by atoms with Crippen LogP contribution >= 0.6 is 0 Å². The van der Waals surface area contributed by atoms with Crippen LogP contribution < -0.4 is 10.2 Å². The standard InChI is InChI=1S/C16H22N2O4/c1-2-3-10-21-11-12-22-15(19)13-4-6-14(7-5-13)18-9-8-17-16(18)20/h4-7H,2-3,8-12H2,1H3,(H,17,20). The number of urea groups is 1. The fraction of sp³-hybridized carbons (Fsp3) is 0.500. The molecule has 120 valence electrons. The molecule has 1 aromatic carbocycles. The second kappa shape index (κ2) is 8.38. The Labute approximate surface area is 130 Å². The number of amides is 2. The number of esters is 1. The number of nitrogens with zero attached hydrogens (tertiary/aromatic N) is 1. The molecule has 0 atom stereocenters. The molecule has 0 bridgehead atoms. The maximum Gasteiger partial charge on any atom is 0.338 e. The summed E-state index contributed by atoms with van der Waals surface area (Å²) in [6, 6.07) is 6.72. The summed E-state index contributed by atoms with van der Waals surface area (Å²) < 4.78 is 10.5. The maximum atomic E-state index is 11.9. The largest absolute Gasteiger partial charge is 0.460 e. The molecule has 0 aliphatic carbocycles. The smallest absolute Gasteiger partial charge is 0.338 e. The Bertz CT molecular complexity index is 501. The van der Waals surface area contributed by atoms with E-state index in [0.29, 0.717) is 31.9 Å². The topological polar surface area (TPSA) is 67.9 Å². The lowest BCUT2D eigenvalue weighted by atomic mass is 10.2. The van der Waals surface area contributed by atoms with Crippen molar-refractivity contribution in [2.45, 2.75) is 19.8 Å². The third kappa shape index (κ3) is 4.46. The lowest BCUT2D eigenvalue weighted by Crippen LogP contribution is -2.27. The third-order valence-electron chi connectivity index (χ3n) is 3.37. The van der Waals surface area contributed by atoms with E-state index in [2.05, 4.69) is 12.2 Å². The van der Waals surface area contributed by atoms with Crippen molar-refractivity contribution >= 4 is 17.7 Å². The van der Waals surface area contributed by atoms with Gasteiger partial charge in [-0.25, -0.2) is 9.59 Å². The Morgan fingerprint density at radius 3 is 2.64 bits per heavy atom. The van der Waals surface area contributed by atoms with E-state index < -0.39 is 0 Å². The predicted octanol–water partition coefficient (Wildman–Crippen LogP) is 2.19. The van der Waals surface area contributed by atoms with Gasteiger partial charge in [-0.3, -0.25) is 4.90 Å². The number of carbonyl (C=O) groups is 2. The Morgan fingerprint density at radius 1 is 1.23 bits per heavy atom. The van der Waals surface area contributed by atoms with Gasteiger partial charge in [-0.15, -0.1) is 0 Å². The van der Waals surface area contributed by atoms with Gasteiger partial charge in [0.1, 0.15) is 6.61 Å². The minimum atomic E-state index is -0.378. The number of nitrogens with one attached hydrogen (secondary N) is 1. The fourth-order valence-corrected chi connectivity index (χ4v) is 2.12. The Balaban J connectivity index is 1.77. The first-order valence-corrected chi connectivity index (χ1v) is 7.62. The summed E-state index contributed by atoms with van der Waals surface area (Å²) in [4.78, 5) is 25.0. The molecule has 2 amide bonds. The number of carbonyl (C=O) groups excluding carboxylic acids is 2. The molecule has 1 N–H and O–H groups in total. The molecule has 1 fully saturated rings. The zero-order valence-electron chi connectivity index (χ0n) is 12.8. The monoisotopic (exact) mass is 306 g/mol. The van der Waals surface area contributed by atoms with Crippen LogP contribution in [-0.4, -0.2) is 44.9 Å². The lowest BCUT2D eigenvalue weighted by Gasteiger charge is -2.14. The first-order chi connectivity index (χ1) is 10.7. The molecule has 2 rings (SSSR count). The van der Waals surface area contributed by atoms with Crippen LogP contribution in [0, 0.1) is 0 Å². The third-order valence-corrected chi connectivity index (χ3v) is 3.37. The summed E-state index contributed by atoms with van der Waals surface area (Å²) in [5.41, 5.74) is 1.24. The van der Waals surface area contributed by atoms with Crippen molar-refractivity contribution in [2.75, 3.05) is 37.8 Å². The van der Waals surface area contributed by atoms with E-state index in [1.807, 2.05) is 0 Å². The molecule has 1 aliphatic heterocycles. The van der Waals surface area contributed by atoms with Gasteiger partial charge in [0, 0.05) is 25.4 Å². The molecule has 0 spiro atoms. The minimum Gasteiger partial charge on any atom is -0.460 e. The maximum absolute atomic E-state index is 11.9. The van der Waals surface area contributed by atoms with E-state index >= 15 is 0 Å². The van der Waals surface area contributed by atoms with Gasteiger partial charge in [-0.05, 0) is 30.7 Å². The average Bonchev–Trinajstić information content (AvgIpc) is 2.97. The number of hydrogen-bond acceptors (Lipinski definition) is 4. The van der Waals surface area contributed by atoms with Gasteiger partial charge in [0.25, 0.3) is 0 Å². The summed E-state index contributed by atoms with van der Waals surface area (Å²) >= 11 is 0. The van der Waals surface area contributed by atoms with E-state index in [-0.39, 0.29) is 18.6 Å². The molecule has 6 heteroatoms. The second-order valence-electron chi connectivity index (χ2n) is 5.03. The summed E-state index contributed by atoms with van der Waals surface area (Å²) in [5.74, 6) is -0.378. The highest BCUT2D eigenvalue weighted by atomic mass is 16.6. The van der Waals surface area contributed by atoms with Crippen LogP contribution in [0.4, 0.5) is 10.5 Å². The number of benzene rings is 1. The number of unbranched alkanes of at least 4 members (excludes halogenated alkanes) is 1. The van der Waals surface area contributed by atoms with Crippen molar-refractivity contribution in [3.8, 4) is 0 Å². The molecule has 6 nitrogen and oxygen atoms in total. The molecule has 0 aromatic heterocycles. The molecular weight excluding hydrogens is 284 g/mol. The number of anilines is 1. The van der Waals surface area contributed by atoms with E-state index in [9.17, 15) is 9.59 Å². The molecule has 0 saturated carbocycles. The van der Waals surface area contributed by atoms with Gasteiger partial charge < -0.3 is 14.8 Å². The van der Waals surface area contributed by atoms with Gasteiger partial charge in [-0.2, -0.15) is 0 Å². The highest BCUT2D eigenvalue weighted by molar-refractivity contribution is 5.95. The van der Waals surface area contributed by atoms with Crippen LogP contribution in [0.2, 0.25) is 0 Å². The SMILES string of the molecule is CCCCOCCOC(=O)c1ccc(N2CCNC2=O)cc1. The van der Waals surface area contributed by atoms with Gasteiger partial charge in [0.05, 0.1) is 12.2 Å². The summed E-state index contributed by atoms with van der Waals surface area (Å²) in [6.07, 6.45) is 2.10. The van der Waals surface area contributed by atoms with Crippen molar-refractivity contribution in [1.29, 1.82) is 0 Å². The van der Waals surface area contributed by atoms with E-state index in [1.165, 1.54) is 0 Å². The fourth-order valence-electron chi connectivity index (χ4n) is 2.12. The van der Waals surface area contributed by atoms with Crippen molar-refractivity contribution in [3.63, 3.8) is 0 Å².